The Kier molecular flexibility index (Phi) is 2.94. The number of amides is 1. The SMILES string of the molecule is CC(C)(C)c1nnsc1C(=O)NC1CNC1. The molecule has 2 heterocycles. The van der Waals surface area contributed by atoms with E-state index < -0.39 is 0 Å². The first-order valence-corrected chi connectivity index (χ1v) is 6.10. The monoisotopic (exact) mass is 240 g/mol. The van der Waals surface area contributed by atoms with Crippen LogP contribution in [-0.2, 0) is 5.41 Å². The molecule has 2 N–H and O–H groups in total. The first-order chi connectivity index (χ1) is 7.48. The quantitative estimate of drug-likeness (QED) is 0.791. The minimum atomic E-state index is -0.141. The van der Waals surface area contributed by atoms with Gasteiger partial charge >= 0.3 is 0 Å². The van der Waals surface area contributed by atoms with E-state index in [0.29, 0.717) is 4.88 Å². The van der Waals surface area contributed by atoms with Gasteiger partial charge in [0.15, 0.2) is 0 Å². The molecule has 0 bridgehead atoms. The molecule has 1 fully saturated rings. The van der Waals surface area contributed by atoms with Crippen molar-refractivity contribution in [2.45, 2.75) is 32.2 Å². The molecule has 0 atom stereocenters. The lowest BCUT2D eigenvalue weighted by atomic mass is 9.91. The lowest BCUT2D eigenvalue weighted by Crippen LogP contribution is -2.57. The molecule has 1 saturated heterocycles. The molecule has 16 heavy (non-hydrogen) atoms. The van der Waals surface area contributed by atoms with Crippen LogP contribution in [-0.4, -0.2) is 34.6 Å². The summed E-state index contributed by atoms with van der Waals surface area (Å²) in [6.07, 6.45) is 0. The number of nitrogens with zero attached hydrogens (tertiary/aromatic N) is 2. The standard InChI is InChI=1S/C10H16N4OS/c1-10(2,3)8-7(16-14-13-8)9(15)12-6-4-11-5-6/h6,11H,4-5H2,1-3H3,(H,12,15). The van der Waals surface area contributed by atoms with Crippen molar-refractivity contribution in [3.63, 3.8) is 0 Å². The van der Waals surface area contributed by atoms with Crippen LogP contribution in [0.15, 0.2) is 0 Å². The fourth-order valence-corrected chi connectivity index (χ4v) is 2.25. The number of aromatic nitrogens is 2. The molecular formula is C10H16N4OS. The number of hydrogen-bond donors (Lipinski definition) is 2. The predicted molar refractivity (Wildman–Crippen MR) is 62.7 cm³/mol. The molecule has 0 unspecified atom stereocenters. The van der Waals surface area contributed by atoms with E-state index in [1.807, 2.05) is 20.8 Å². The molecule has 6 heteroatoms. The zero-order chi connectivity index (χ0) is 11.8. The normalized spacial score (nSPS) is 16.9. The molecule has 1 aromatic heterocycles. The Morgan fingerprint density at radius 1 is 1.50 bits per heavy atom. The predicted octanol–water partition coefficient (Wildman–Crippen LogP) is 0.537. The van der Waals surface area contributed by atoms with Gasteiger partial charge in [-0.3, -0.25) is 4.79 Å². The summed E-state index contributed by atoms with van der Waals surface area (Å²) < 4.78 is 3.88. The van der Waals surface area contributed by atoms with E-state index >= 15 is 0 Å². The Morgan fingerprint density at radius 2 is 2.19 bits per heavy atom. The molecule has 1 aromatic rings. The Labute approximate surface area is 98.8 Å². The van der Waals surface area contributed by atoms with Crippen LogP contribution in [0.3, 0.4) is 0 Å². The van der Waals surface area contributed by atoms with Gasteiger partial charge in [0, 0.05) is 18.5 Å². The van der Waals surface area contributed by atoms with E-state index in [-0.39, 0.29) is 17.4 Å². The van der Waals surface area contributed by atoms with E-state index in [1.54, 1.807) is 0 Å². The van der Waals surface area contributed by atoms with Gasteiger partial charge in [0.25, 0.3) is 5.91 Å². The van der Waals surface area contributed by atoms with Crippen molar-refractivity contribution in [2.75, 3.05) is 13.1 Å². The van der Waals surface area contributed by atoms with Gasteiger partial charge in [-0.1, -0.05) is 25.3 Å². The Balaban J connectivity index is 2.13. The second kappa shape index (κ2) is 4.10. The third-order valence-corrected chi connectivity index (χ3v) is 3.25. The van der Waals surface area contributed by atoms with Crippen molar-refractivity contribution in [3.8, 4) is 0 Å². The van der Waals surface area contributed by atoms with Gasteiger partial charge in [0.1, 0.15) is 4.88 Å². The minimum Gasteiger partial charge on any atom is -0.346 e. The molecule has 0 spiro atoms. The van der Waals surface area contributed by atoms with Gasteiger partial charge in [0.2, 0.25) is 0 Å². The summed E-state index contributed by atoms with van der Waals surface area (Å²) in [6, 6.07) is 0.252. The third-order valence-electron chi connectivity index (χ3n) is 2.52. The number of carbonyl (C=O) groups excluding carboxylic acids is 1. The zero-order valence-electron chi connectivity index (χ0n) is 9.70. The highest BCUT2D eigenvalue weighted by Gasteiger charge is 2.28. The van der Waals surface area contributed by atoms with Crippen LogP contribution in [0.4, 0.5) is 0 Å². The summed E-state index contributed by atoms with van der Waals surface area (Å²) in [4.78, 5) is 12.6. The van der Waals surface area contributed by atoms with E-state index in [0.717, 1.165) is 18.8 Å². The van der Waals surface area contributed by atoms with Crippen molar-refractivity contribution in [1.82, 2.24) is 20.2 Å². The number of nitrogens with one attached hydrogen (secondary N) is 2. The average Bonchev–Trinajstić information content (AvgIpc) is 2.58. The van der Waals surface area contributed by atoms with Crippen molar-refractivity contribution in [2.24, 2.45) is 0 Å². The summed E-state index contributed by atoms with van der Waals surface area (Å²) in [7, 11) is 0. The Bertz CT molecular complexity index is 392. The van der Waals surface area contributed by atoms with Gasteiger partial charge in [-0.25, -0.2) is 0 Å². The summed E-state index contributed by atoms with van der Waals surface area (Å²) in [5, 5.41) is 10.1. The maximum Gasteiger partial charge on any atom is 0.265 e. The molecule has 5 nitrogen and oxygen atoms in total. The van der Waals surface area contributed by atoms with Crippen molar-refractivity contribution < 1.29 is 4.79 Å². The first kappa shape index (κ1) is 11.5. The first-order valence-electron chi connectivity index (χ1n) is 5.33. The highest BCUT2D eigenvalue weighted by atomic mass is 32.1. The third kappa shape index (κ3) is 2.22. The maximum atomic E-state index is 12.0. The summed E-state index contributed by atoms with van der Waals surface area (Å²) in [6.45, 7) is 7.80. The minimum absolute atomic E-state index is 0.0496. The van der Waals surface area contributed by atoms with Crippen LogP contribution in [0.2, 0.25) is 0 Å². The van der Waals surface area contributed by atoms with Crippen LogP contribution in [0.1, 0.15) is 36.1 Å². The van der Waals surface area contributed by atoms with E-state index in [1.165, 1.54) is 11.5 Å². The second-order valence-electron chi connectivity index (χ2n) is 5.03. The van der Waals surface area contributed by atoms with E-state index in [4.69, 9.17) is 0 Å². The molecule has 1 aliphatic heterocycles. The van der Waals surface area contributed by atoms with E-state index in [2.05, 4.69) is 20.2 Å². The number of rotatable bonds is 2. The van der Waals surface area contributed by atoms with Crippen molar-refractivity contribution in [1.29, 1.82) is 0 Å². The topological polar surface area (TPSA) is 66.9 Å². The number of carbonyl (C=O) groups is 1. The van der Waals surface area contributed by atoms with Crippen LogP contribution in [0.25, 0.3) is 0 Å². The highest BCUT2D eigenvalue weighted by molar-refractivity contribution is 7.08. The average molecular weight is 240 g/mol. The van der Waals surface area contributed by atoms with Crippen molar-refractivity contribution in [3.05, 3.63) is 10.6 Å². The Morgan fingerprint density at radius 3 is 2.69 bits per heavy atom. The molecule has 0 radical (unpaired) electrons. The highest BCUT2D eigenvalue weighted by Crippen LogP contribution is 2.25. The van der Waals surface area contributed by atoms with Crippen LogP contribution in [0.5, 0.6) is 0 Å². The van der Waals surface area contributed by atoms with Gasteiger partial charge in [-0.2, -0.15) is 0 Å². The fraction of sp³-hybridized carbons (Fsp3) is 0.700. The summed E-state index contributed by atoms with van der Waals surface area (Å²) in [5.41, 5.74) is 0.639. The van der Waals surface area contributed by atoms with Crippen LogP contribution < -0.4 is 10.6 Å². The van der Waals surface area contributed by atoms with E-state index in [9.17, 15) is 4.79 Å². The molecule has 0 saturated carbocycles. The van der Waals surface area contributed by atoms with Crippen LogP contribution >= 0.6 is 11.5 Å². The molecule has 1 aliphatic rings. The lowest BCUT2D eigenvalue weighted by Gasteiger charge is -2.28. The van der Waals surface area contributed by atoms with Crippen LogP contribution in [0, 0.1) is 0 Å². The molecule has 1 amide bonds. The summed E-state index contributed by atoms with van der Waals surface area (Å²) in [5.74, 6) is -0.0496. The number of hydrogen-bond acceptors (Lipinski definition) is 5. The molecule has 2 rings (SSSR count). The molecular weight excluding hydrogens is 224 g/mol. The van der Waals surface area contributed by atoms with Gasteiger partial charge < -0.3 is 10.6 Å². The van der Waals surface area contributed by atoms with Gasteiger partial charge in [0.05, 0.1) is 11.7 Å². The smallest absolute Gasteiger partial charge is 0.265 e. The maximum absolute atomic E-state index is 12.0. The largest absolute Gasteiger partial charge is 0.346 e. The molecule has 0 aromatic carbocycles. The van der Waals surface area contributed by atoms with Gasteiger partial charge in [-0.15, -0.1) is 5.10 Å². The molecule has 0 aliphatic carbocycles. The lowest BCUT2D eigenvalue weighted by molar-refractivity contribution is 0.0925. The second-order valence-corrected chi connectivity index (χ2v) is 5.78. The molecule has 88 valence electrons. The van der Waals surface area contributed by atoms with Gasteiger partial charge in [-0.05, 0) is 11.5 Å². The fourth-order valence-electron chi connectivity index (χ4n) is 1.47. The van der Waals surface area contributed by atoms with Crippen molar-refractivity contribution >= 4 is 17.4 Å². The summed E-state index contributed by atoms with van der Waals surface area (Å²) >= 11 is 1.17. The Hall–Kier alpha value is -1.01. The zero-order valence-corrected chi connectivity index (χ0v) is 10.5.